The van der Waals surface area contributed by atoms with E-state index in [9.17, 15) is 9.50 Å². The van der Waals surface area contributed by atoms with Crippen molar-refractivity contribution in [3.63, 3.8) is 0 Å². The van der Waals surface area contributed by atoms with Gasteiger partial charge in [0.2, 0.25) is 0 Å². The molecular weight excluding hydrogens is 207 g/mol. The van der Waals surface area contributed by atoms with Gasteiger partial charge in [0, 0.05) is 6.54 Å². The summed E-state index contributed by atoms with van der Waals surface area (Å²) in [5, 5.41) is 9.84. The molecule has 1 unspecified atom stereocenters. The molecule has 0 saturated carbocycles. The molecule has 0 spiro atoms. The maximum absolute atomic E-state index is 12.6. The first-order chi connectivity index (χ1) is 7.67. The average molecular weight is 226 g/mol. The number of nitrogens with zero attached hydrogens (tertiary/aromatic N) is 2. The third kappa shape index (κ3) is 3.87. The molecule has 1 aromatic rings. The van der Waals surface area contributed by atoms with E-state index in [4.69, 9.17) is 0 Å². The van der Waals surface area contributed by atoms with E-state index in [1.165, 1.54) is 12.1 Å². The fourth-order valence-corrected chi connectivity index (χ4v) is 1.58. The van der Waals surface area contributed by atoms with Gasteiger partial charge in [-0.1, -0.05) is 13.8 Å². The molecule has 1 atom stereocenters. The van der Waals surface area contributed by atoms with Crippen LogP contribution in [0.5, 0.6) is 0 Å². The highest BCUT2D eigenvalue weighted by atomic mass is 19.1. The maximum Gasteiger partial charge on any atom is 0.141 e. The van der Waals surface area contributed by atoms with Gasteiger partial charge in [-0.2, -0.15) is 0 Å². The van der Waals surface area contributed by atoms with Gasteiger partial charge in [-0.25, -0.2) is 4.39 Å². The quantitative estimate of drug-likeness (QED) is 0.805. The van der Waals surface area contributed by atoms with Crippen molar-refractivity contribution in [3.05, 3.63) is 29.8 Å². The molecule has 0 aliphatic heterocycles. The van der Waals surface area contributed by atoms with E-state index in [2.05, 4.69) is 23.7 Å². The van der Waals surface area contributed by atoms with Crippen LogP contribution in [0.15, 0.2) is 18.3 Å². The molecule has 0 aliphatic carbocycles. The molecule has 0 saturated heterocycles. The zero-order valence-electron chi connectivity index (χ0n) is 9.86. The number of aromatic nitrogens is 1. The van der Waals surface area contributed by atoms with Gasteiger partial charge in [-0.05, 0) is 31.6 Å². The molecule has 0 fully saturated rings. The summed E-state index contributed by atoms with van der Waals surface area (Å²) >= 11 is 0. The highest BCUT2D eigenvalue weighted by Gasteiger charge is 2.10. The van der Waals surface area contributed by atoms with Gasteiger partial charge >= 0.3 is 0 Å². The Balaban J connectivity index is 2.46. The molecule has 1 rings (SSSR count). The van der Waals surface area contributed by atoms with E-state index < -0.39 is 6.10 Å². The van der Waals surface area contributed by atoms with Crippen molar-refractivity contribution in [2.45, 2.75) is 26.4 Å². The molecule has 0 radical (unpaired) electrons. The van der Waals surface area contributed by atoms with Crippen molar-refractivity contribution in [1.82, 2.24) is 9.88 Å². The minimum absolute atomic E-state index is 0.375. The fraction of sp³-hybridized carbons (Fsp3) is 0.583. The molecule has 16 heavy (non-hydrogen) atoms. The summed E-state index contributed by atoms with van der Waals surface area (Å²) in [6.45, 7) is 6.95. The highest BCUT2D eigenvalue weighted by molar-refractivity contribution is 5.07. The van der Waals surface area contributed by atoms with Gasteiger partial charge in [0.25, 0.3) is 0 Å². The van der Waals surface area contributed by atoms with Crippen LogP contribution in [-0.2, 0) is 0 Å². The Morgan fingerprint density at radius 3 is 2.56 bits per heavy atom. The lowest BCUT2D eigenvalue weighted by Crippen LogP contribution is -2.25. The molecular formula is C12H19FN2O. The van der Waals surface area contributed by atoms with Crippen LogP contribution in [0, 0.1) is 5.82 Å². The second kappa shape index (κ2) is 6.55. The first-order valence-electron chi connectivity index (χ1n) is 5.69. The first kappa shape index (κ1) is 13.1. The van der Waals surface area contributed by atoms with Gasteiger partial charge in [0.1, 0.15) is 5.82 Å². The standard InChI is InChI=1S/C12H19FN2O/c1-3-15(4-2)8-7-12(16)11-6-5-10(13)9-14-11/h5-6,9,12,16H,3-4,7-8H2,1-2H3. The second-order valence-corrected chi connectivity index (χ2v) is 3.73. The number of hydrogen-bond acceptors (Lipinski definition) is 3. The van der Waals surface area contributed by atoms with E-state index >= 15 is 0 Å². The lowest BCUT2D eigenvalue weighted by molar-refractivity contribution is 0.141. The highest BCUT2D eigenvalue weighted by Crippen LogP contribution is 2.14. The molecule has 0 bridgehead atoms. The number of pyridine rings is 1. The van der Waals surface area contributed by atoms with Gasteiger partial charge in [0.05, 0.1) is 18.0 Å². The summed E-state index contributed by atoms with van der Waals surface area (Å²) in [7, 11) is 0. The summed E-state index contributed by atoms with van der Waals surface area (Å²) in [6.07, 6.45) is 1.15. The summed E-state index contributed by atoms with van der Waals surface area (Å²) in [6, 6.07) is 2.85. The molecule has 0 aromatic carbocycles. The van der Waals surface area contributed by atoms with Crippen LogP contribution in [0.25, 0.3) is 0 Å². The Kier molecular flexibility index (Phi) is 5.35. The van der Waals surface area contributed by atoms with Crippen molar-refractivity contribution >= 4 is 0 Å². The average Bonchev–Trinajstić information content (AvgIpc) is 2.31. The topological polar surface area (TPSA) is 36.4 Å². The number of hydrogen-bond donors (Lipinski definition) is 1. The third-order valence-electron chi connectivity index (χ3n) is 2.70. The molecule has 0 amide bonds. The molecule has 1 N–H and O–H groups in total. The number of halogens is 1. The van der Waals surface area contributed by atoms with Crippen molar-refractivity contribution in [2.24, 2.45) is 0 Å². The predicted molar refractivity (Wildman–Crippen MR) is 61.6 cm³/mol. The maximum atomic E-state index is 12.6. The van der Waals surface area contributed by atoms with E-state index in [0.29, 0.717) is 12.1 Å². The molecule has 3 nitrogen and oxygen atoms in total. The zero-order chi connectivity index (χ0) is 12.0. The summed E-state index contributed by atoms with van der Waals surface area (Å²) in [5.41, 5.74) is 0.536. The minimum atomic E-state index is -0.610. The molecule has 1 heterocycles. The zero-order valence-corrected chi connectivity index (χ0v) is 9.86. The Labute approximate surface area is 95.9 Å². The van der Waals surface area contributed by atoms with Crippen molar-refractivity contribution in [1.29, 1.82) is 0 Å². The largest absolute Gasteiger partial charge is 0.387 e. The summed E-state index contributed by atoms with van der Waals surface area (Å²) in [4.78, 5) is 6.09. The molecule has 1 aromatic heterocycles. The van der Waals surface area contributed by atoms with Crippen LogP contribution in [0.3, 0.4) is 0 Å². The van der Waals surface area contributed by atoms with Crippen molar-refractivity contribution in [3.8, 4) is 0 Å². The van der Waals surface area contributed by atoms with Gasteiger partial charge in [-0.3, -0.25) is 4.98 Å². The van der Waals surface area contributed by atoms with Crippen LogP contribution >= 0.6 is 0 Å². The van der Waals surface area contributed by atoms with Gasteiger partial charge in [0.15, 0.2) is 0 Å². The summed E-state index contributed by atoms with van der Waals surface area (Å²) in [5.74, 6) is -0.375. The SMILES string of the molecule is CCN(CC)CCC(O)c1ccc(F)cn1. The Bertz CT molecular complexity index is 298. The van der Waals surface area contributed by atoms with E-state index in [1.807, 2.05) is 0 Å². The lowest BCUT2D eigenvalue weighted by Gasteiger charge is -2.19. The van der Waals surface area contributed by atoms with Gasteiger partial charge < -0.3 is 10.0 Å². The second-order valence-electron chi connectivity index (χ2n) is 3.73. The molecule has 4 heteroatoms. The smallest absolute Gasteiger partial charge is 0.141 e. The number of aliphatic hydroxyl groups excluding tert-OH is 1. The summed E-state index contributed by atoms with van der Waals surface area (Å²) < 4.78 is 12.6. The Hall–Kier alpha value is -1.00. The number of rotatable bonds is 6. The predicted octanol–water partition coefficient (Wildman–Crippen LogP) is 1.99. The van der Waals surface area contributed by atoms with Crippen LogP contribution < -0.4 is 0 Å². The van der Waals surface area contributed by atoms with E-state index in [0.717, 1.165) is 25.8 Å². The van der Waals surface area contributed by atoms with Crippen LogP contribution in [0.4, 0.5) is 4.39 Å². The van der Waals surface area contributed by atoms with E-state index in [1.54, 1.807) is 0 Å². The van der Waals surface area contributed by atoms with Crippen LogP contribution in [0.1, 0.15) is 32.1 Å². The normalized spacial score (nSPS) is 13.1. The fourth-order valence-electron chi connectivity index (χ4n) is 1.58. The van der Waals surface area contributed by atoms with Gasteiger partial charge in [-0.15, -0.1) is 0 Å². The van der Waals surface area contributed by atoms with E-state index in [-0.39, 0.29) is 5.82 Å². The van der Waals surface area contributed by atoms with Crippen LogP contribution in [0.2, 0.25) is 0 Å². The van der Waals surface area contributed by atoms with Crippen molar-refractivity contribution in [2.75, 3.05) is 19.6 Å². The first-order valence-corrected chi connectivity index (χ1v) is 5.69. The third-order valence-corrected chi connectivity index (χ3v) is 2.70. The monoisotopic (exact) mass is 226 g/mol. The lowest BCUT2D eigenvalue weighted by atomic mass is 10.1. The Morgan fingerprint density at radius 2 is 2.06 bits per heavy atom. The number of aliphatic hydroxyl groups is 1. The minimum Gasteiger partial charge on any atom is -0.387 e. The Morgan fingerprint density at radius 1 is 1.38 bits per heavy atom. The molecule has 0 aliphatic rings. The molecule has 90 valence electrons. The van der Waals surface area contributed by atoms with Crippen molar-refractivity contribution < 1.29 is 9.50 Å². The van der Waals surface area contributed by atoms with Crippen LogP contribution in [-0.4, -0.2) is 34.6 Å².